The third kappa shape index (κ3) is 4.11. The Hall–Kier alpha value is -1.26. The molecule has 2 aromatic rings. The smallest absolute Gasteiger partial charge is 0.204 e. The number of aromatic nitrogens is 1. The summed E-state index contributed by atoms with van der Waals surface area (Å²) in [5.74, 6) is 1.38. The number of nitrogens with zero attached hydrogens (tertiary/aromatic N) is 1. The summed E-state index contributed by atoms with van der Waals surface area (Å²) in [4.78, 5) is 4.25. The standard InChI is InChI=1S/C14H19ClN2O2/c1-14(2,3)17-7-4-5-12-16-9-11(19-12)10-6-8-18-13(10)15/h6,8-9,17H,4-5,7H2,1-3H3. The fourth-order valence-corrected chi connectivity index (χ4v) is 1.93. The molecule has 0 aliphatic rings. The lowest BCUT2D eigenvalue weighted by Crippen LogP contribution is -2.36. The van der Waals surface area contributed by atoms with E-state index in [4.69, 9.17) is 20.4 Å². The van der Waals surface area contributed by atoms with Crippen molar-refractivity contribution in [3.63, 3.8) is 0 Å². The van der Waals surface area contributed by atoms with Gasteiger partial charge in [-0.3, -0.25) is 0 Å². The number of oxazole rings is 1. The van der Waals surface area contributed by atoms with Gasteiger partial charge in [-0.2, -0.15) is 0 Å². The highest BCUT2D eigenvalue weighted by Crippen LogP contribution is 2.29. The molecule has 0 saturated heterocycles. The van der Waals surface area contributed by atoms with Crippen LogP contribution in [0.2, 0.25) is 5.22 Å². The van der Waals surface area contributed by atoms with Crippen LogP contribution in [-0.4, -0.2) is 17.1 Å². The quantitative estimate of drug-likeness (QED) is 0.845. The van der Waals surface area contributed by atoms with Gasteiger partial charge in [0, 0.05) is 12.0 Å². The SMILES string of the molecule is CC(C)(C)NCCCc1ncc(-c2ccoc2Cl)o1. The van der Waals surface area contributed by atoms with E-state index in [2.05, 4.69) is 31.1 Å². The molecule has 0 radical (unpaired) electrons. The molecule has 2 heterocycles. The molecule has 2 aromatic heterocycles. The molecule has 0 amide bonds. The second kappa shape index (κ2) is 5.80. The summed E-state index contributed by atoms with van der Waals surface area (Å²) in [6.07, 6.45) is 5.01. The van der Waals surface area contributed by atoms with Gasteiger partial charge in [-0.05, 0) is 51.4 Å². The second-order valence-electron chi connectivity index (χ2n) is 5.51. The largest absolute Gasteiger partial charge is 0.452 e. The molecule has 0 saturated carbocycles. The maximum atomic E-state index is 5.90. The van der Waals surface area contributed by atoms with Gasteiger partial charge in [-0.25, -0.2) is 4.98 Å². The topological polar surface area (TPSA) is 51.2 Å². The van der Waals surface area contributed by atoms with E-state index in [0.717, 1.165) is 30.8 Å². The maximum absolute atomic E-state index is 5.90. The number of nitrogens with one attached hydrogen (secondary N) is 1. The first kappa shape index (κ1) is 14.2. The van der Waals surface area contributed by atoms with Gasteiger partial charge < -0.3 is 14.2 Å². The number of halogens is 1. The van der Waals surface area contributed by atoms with Crippen molar-refractivity contribution in [2.45, 2.75) is 39.2 Å². The number of furan rings is 1. The van der Waals surface area contributed by atoms with E-state index in [0.29, 0.717) is 11.0 Å². The van der Waals surface area contributed by atoms with Crippen LogP contribution in [0.5, 0.6) is 0 Å². The molecule has 0 aromatic carbocycles. The molecule has 0 atom stereocenters. The zero-order valence-corrected chi connectivity index (χ0v) is 12.3. The summed E-state index contributed by atoms with van der Waals surface area (Å²) >= 11 is 5.90. The molecule has 0 unspecified atom stereocenters. The van der Waals surface area contributed by atoms with Crippen LogP contribution >= 0.6 is 11.6 Å². The molecule has 2 rings (SSSR count). The third-order valence-corrected chi connectivity index (χ3v) is 2.95. The van der Waals surface area contributed by atoms with Crippen molar-refractivity contribution in [3.05, 3.63) is 29.6 Å². The number of aryl methyl sites for hydroxylation is 1. The summed E-state index contributed by atoms with van der Waals surface area (Å²) in [5, 5.41) is 3.76. The van der Waals surface area contributed by atoms with E-state index < -0.39 is 0 Å². The maximum Gasteiger partial charge on any atom is 0.204 e. The van der Waals surface area contributed by atoms with Crippen molar-refractivity contribution in [2.24, 2.45) is 0 Å². The fraction of sp³-hybridized carbons (Fsp3) is 0.500. The minimum absolute atomic E-state index is 0.145. The van der Waals surface area contributed by atoms with Crippen molar-refractivity contribution in [3.8, 4) is 11.3 Å². The molecular formula is C14H19ClN2O2. The number of hydrogen-bond donors (Lipinski definition) is 1. The molecule has 1 N–H and O–H groups in total. The summed E-state index contributed by atoms with van der Waals surface area (Å²) in [5.41, 5.74) is 0.889. The van der Waals surface area contributed by atoms with Crippen LogP contribution in [0, 0.1) is 0 Å². The van der Waals surface area contributed by atoms with Gasteiger partial charge in [-0.15, -0.1) is 0 Å². The van der Waals surface area contributed by atoms with E-state index in [1.54, 1.807) is 12.3 Å². The zero-order chi connectivity index (χ0) is 13.9. The van der Waals surface area contributed by atoms with Crippen LogP contribution in [0.3, 0.4) is 0 Å². The minimum atomic E-state index is 0.145. The van der Waals surface area contributed by atoms with E-state index in [1.165, 1.54) is 6.26 Å². The zero-order valence-electron chi connectivity index (χ0n) is 11.5. The second-order valence-corrected chi connectivity index (χ2v) is 5.85. The highest BCUT2D eigenvalue weighted by molar-refractivity contribution is 6.31. The molecule has 0 aliphatic heterocycles. The number of hydrogen-bond acceptors (Lipinski definition) is 4. The first-order chi connectivity index (χ1) is 8.96. The monoisotopic (exact) mass is 282 g/mol. The Morgan fingerprint density at radius 3 is 2.79 bits per heavy atom. The summed E-state index contributed by atoms with van der Waals surface area (Å²) in [6.45, 7) is 7.39. The normalized spacial score (nSPS) is 12.0. The van der Waals surface area contributed by atoms with Gasteiger partial charge in [0.05, 0.1) is 18.0 Å². The first-order valence-electron chi connectivity index (χ1n) is 6.39. The van der Waals surface area contributed by atoms with E-state index in [-0.39, 0.29) is 5.54 Å². The lowest BCUT2D eigenvalue weighted by molar-refractivity contribution is 0.412. The van der Waals surface area contributed by atoms with Crippen molar-refractivity contribution in [1.82, 2.24) is 10.3 Å². The molecule has 19 heavy (non-hydrogen) atoms. The van der Waals surface area contributed by atoms with Crippen molar-refractivity contribution in [1.29, 1.82) is 0 Å². The Balaban J connectivity index is 1.87. The van der Waals surface area contributed by atoms with Crippen molar-refractivity contribution < 1.29 is 8.83 Å². The highest BCUT2D eigenvalue weighted by atomic mass is 35.5. The van der Waals surface area contributed by atoms with Crippen LogP contribution in [0.1, 0.15) is 33.1 Å². The molecule has 5 heteroatoms. The highest BCUT2D eigenvalue weighted by Gasteiger charge is 2.12. The van der Waals surface area contributed by atoms with Crippen molar-refractivity contribution >= 4 is 11.6 Å². The van der Waals surface area contributed by atoms with E-state index in [9.17, 15) is 0 Å². The number of rotatable bonds is 5. The van der Waals surface area contributed by atoms with Gasteiger partial charge in [0.1, 0.15) is 0 Å². The van der Waals surface area contributed by atoms with Crippen LogP contribution in [-0.2, 0) is 6.42 Å². The van der Waals surface area contributed by atoms with Crippen LogP contribution in [0.4, 0.5) is 0 Å². The lowest BCUT2D eigenvalue weighted by atomic mass is 10.1. The summed E-state index contributed by atoms with van der Waals surface area (Å²) < 4.78 is 10.7. The molecule has 104 valence electrons. The fourth-order valence-electron chi connectivity index (χ4n) is 1.72. The Morgan fingerprint density at radius 1 is 1.37 bits per heavy atom. The summed E-state index contributed by atoms with van der Waals surface area (Å²) in [6, 6.07) is 1.77. The molecule has 0 aliphatic carbocycles. The lowest BCUT2D eigenvalue weighted by Gasteiger charge is -2.19. The molecule has 0 spiro atoms. The molecular weight excluding hydrogens is 264 g/mol. The Morgan fingerprint density at radius 2 is 2.16 bits per heavy atom. The van der Waals surface area contributed by atoms with E-state index >= 15 is 0 Å². The van der Waals surface area contributed by atoms with Crippen molar-refractivity contribution in [2.75, 3.05) is 6.54 Å². The molecule has 0 fully saturated rings. The first-order valence-corrected chi connectivity index (χ1v) is 6.76. The summed E-state index contributed by atoms with van der Waals surface area (Å²) in [7, 11) is 0. The molecule has 4 nitrogen and oxygen atoms in total. The van der Waals surface area contributed by atoms with Gasteiger partial charge in [-0.1, -0.05) is 0 Å². The van der Waals surface area contributed by atoms with Gasteiger partial charge in [0.15, 0.2) is 11.7 Å². The van der Waals surface area contributed by atoms with Gasteiger partial charge in [0.2, 0.25) is 5.22 Å². The van der Waals surface area contributed by atoms with E-state index in [1.807, 2.05) is 0 Å². The minimum Gasteiger partial charge on any atom is -0.452 e. The van der Waals surface area contributed by atoms with Gasteiger partial charge in [0.25, 0.3) is 0 Å². The Bertz CT molecular complexity index is 526. The van der Waals surface area contributed by atoms with Gasteiger partial charge >= 0.3 is 0 Å². The average Bonchev–Trinajstić information content (AvgIpc) is 2.91. The predicted octanol–water partition coefficient (Wildman–Crippen LogP) is 3.91. The average molecular weight is 283 g/mol. The Kier molecular flexibility index (Phi) is 4.32. The molecule has 0 bridgehead atoms. The van der Waals surface area contributed by atoms with Crippen LogP contribution in [0.15, 0.2) is 27.4 Å². The third-order valence-electron chi connectivity index (χ3n) is 2.66. The van der Waals surface area contributed by atoms with Crippen LogP contribution in [0.25, 0.3) is 11.3 Å². The van der Waals surface area contributed by atoms with Crippen LogP contribution < -0.4 is 5.32 Å². The Labute approximate surface area is 118 Å². The predicted molar refractivity (Wildman–Crippen MR) is 75.3 cm³/mol.